The predicted octanol–water partition coefficient (Wildman–Crippen LogP) is 2.69. The van der Waals surface area contributed by atoms with Crippen molar-refractivity contribution in [1.29, 1.82) is 0 Å². The Bertz CT molecular complexity index is 496. The fraction of sp³-hybridized carbons (Fsp3) is 0.0833. The van der Waals surface area contributed by atoms with E-state index < -0.39 is 0 Å². The van der Waals surface area contributed by atoms with E-state index in [9.17, 15) is 4.79 Å². The maximum Gasteiger partial charge on any atom is 0.263 e. The molecule has 88 valence electrons. The van der Waals surface area contributed by atoms with E-state index in [0.717, 1.165) is 0 Å². The Morgan fingerprint density at radius 2 is 2.12 bits per heavy atom. The first kappa shape index (κ1) is 11.5. The SMILES string of the molecule is O=C(COc1ccccc1)Nc1cc(Cl)c[nH]1. The van der Waals surface area contributed by atoms with Gasteiger partial charge in [0.2, 0.25) is 0 Å². The minimum atomic E-state index is -0.243. The van der Waals surface area contributed by atoms with Gasteiger partial charge in [0.15, 0.2) is 6.61 Å². The molecule has 0 aliphatic carbocycles. The van der Waals surface area contributed by atoms with Gasteiger partial charge in [0, 0.05) is 6.20 Å². The van der Waals surface area contributed by atoms with Gasteiger partial charge in [-0.25, -0.2) is 0 Å². The van der Waals surface area contributed by atoms with Crippen LogP contribution in [0.4, 0.5) is 5.82 Å². The zero-order valence-corrected chi connectivity index (χ0v) is 9.70. The van der Waals surface area contributed by atoms with Crippen LogP contribution in [0.3, 0.4) is 0 Å². The molecule has 0 aliphatic rings. The average molecular weight is 251 g/mol. The van der Waals surface area contributed by atoms with Gasteiger partial charge in [-0.3, -0.25) is 4.79 Å². The number of nitrogens with one attached hydrogen (secondary N) is 2. The number of ether oxygens (including phenoxy) is 1. The van der Waals surface area contributed by atoms with Gasteiger partial charge in [-0.15, -0.1) is 0 Å². The number of carbonyl (C=O) groups excluding carboxylic acids is 1. The molecule has 17 heavy (non-hydrogen) atoms. The van der Waals surface area contributed by atoms with Crippen molar-refractivity contribution in [3.8, 4) is 5.75 Å². The number of amides is 1. The molecular weight excluding hydrogens is 240 g/mol. The normalized spacial score (nSPS) is 9.94. The van der Waals surface area contributed by atoms with Gasteiger partial charge in [-0.05, 0) is 18.2 Å². The summed E-state index contributed by atoms with van der Waals surface area (Å²) in [7, 11) is 0. The lowest BCUT2D eigenvalue weighted by molar-refractivity contribution is -0.118. The quantitative estimate of drug-likeness (QED) is 0.877. The lowest BCUT2D eigenvalue weighted by Crippen LogP contribution is -2.20. The molecule has 4 nitrogen and oxygen atoms in total. The molecular formula is C12H11ClN2O2. The number of aromatic nitrogens is 1. The van der Waals surface area contributed by atoms with Gasteiger partial charge in [0.25, 0.3) is 5.91 Å². The number of aromatic amines is 1. The number of H-pyrrole nitrogens is 1. The molecule has 1 aromatic heterocycles. The third-order valence-corrected chi connectivity index (χ3v) is 2.25. The number of anilines is 1. The Hall–Kier alpha value is -1.94. The van der Waals surface area contributed by atoms with Crippen LogP contribution < -0.4 is 10.1 Å². The summed E-state index contributed by atoms with van der Waals surface area (Å²) in [5.74, 6) is 0.969. The van der Waals surface area contributed by atoms with E-state index in [0.29, 0.717) is 16.6 Å². The van der Waals surface area contributed by atoms with Crippen LogP contribution in [0.1, 0.15) is 0 Å². The number of rotatable bonds is 4. The first-order chi connectivity index (χ1) is 8.24. The number of carbonyl (C=O) groups is 1. The smallest absolute Gasteiger partial charge is 0.263 e. The van der Waals surface area contributed by atoms with Crippen LogP contribution in [0.5, 0.6) is 5.75 Å². The van der Waals surface area contributed by atoms with Crippen molar-refractivity contribution >= 4 is 23.3 Å². The van der Waals surface area contributed by atoms with Crippen LogP contribution in [0, 0.1) is 0 Å². The van der Waals surface area contributed by atoms with E-state index in [4.69, 9.17) is 16.3 Å². The molecule has 0 bridgehead atoms. The summed E-state index contributed by atoms with van der Waals surface area (Å²) in [5.41, 5.74) is 0. The van der Waals surface area contributed by atoms with Gasteiger partial charge < -0.3 is 15.0 Å². The maximum absolute atomic E-state index is 11.5. The van der Waals surface area contributed by atoms with E-state index in [1.165, 1.54) is 0 Å². The van der Waals surface area contributed by atoms with Crippen molar-refractivity contribution in [2.24, 2.45) is 0 Å². The molecule has 0 saturated heterocycles. The molecule has 0 radical (unpaired) electrons. The summed E-state index contributed by atoms with van der Waals surface area (Å²) in [6.07, 6.45) is 1.59. The third kappa shape index (κ3) is 3.53. The molecule has 0 spiro atoms. The van der Waals surface area contributed by atoms with Gasteiger partial charge in [-0.2, -0.15) is 0 Å². The van der Waals surface area contributed by atoms with Crippen LogP contribution in [0.25, 0.3) is 0 Å². The van der Waals surface area contributed by atoms with Crippen molar-refractivity contribution in [3.63, 3.8) is 0 Å². The highest BCUT2D eigenvalue weighted by atomic mass is 35.5. The van der Waals surface area contributed by atoms with E-state index in [2.05, 4.69) is 10.3 Å². The number of para-hydroxylation sites is 1. The Balaban J connectivity index is 1.82. The predicted molar refractivity (Wildman–Crippen MR) is 66.4 cm³/mol. The molecule has 1 amide bonds. The summed E-state index contributed by atoms with van der Waals surface area (Å²) >= 11 is 5.70. The fourth-order valence-corrected chi connectivity index (χ4v) is 1.46. The molecule has 2 N–H and O–H groups in total. The van der Waals surface area contributed by atoms with Gasteiger partial charge >= 0.3 is 0 Å². The third-order valence-electron chi connectivity index (χ3n) is 2.04. The number of hydrogen-bond donors (Lipinski definition) is 2. The Morgan fingerprint density at radius 3 is 2.76 bits per heavy atom. The van der Waals surface area contributed by atoms with Crippen molar-refractivity contribution in [1.82, 2.24) is 4.98 Å². The van der Waals surface area contributed by atoms with E-state index in [1.807, 2.05) is 18.2 Å². The molecule has 0 atom stereocenters. The molecule has 0 unspecified atom stereocenters. The lowest BCUT2D eigenvalue weighted by Gasteiger charge is -2.05. The summed E-state index contributed by atoms with van der Waals surface area (Å²) in [5, 5.41) is 3.17. The van der Waals surface area contributed by atoms with Crippen LogP contribution in [-0.4, -0.2) is 17.5 Å². The summed E-state index contributed by atoms with van der Waals surface area (Å²) < 4.78 is 5.29. The van der Waals surface area contributed by atoms with Crippen LogP contribution in [-0.2, 0) is 4.79 Å². The molecule has 0 saturated carbocycles. The average Bonchev–Trinajstić information content (AvgIpc) is 2.73. The van der Waals surface area contributed by atoms with Crippen molar-refractivity contribution in [3.05, 3.63) is 47.6 Å². The lowest BCUT2D eigenvalue weighted by atomic mass is 10.3. The molecule has 1 heterocycles. The number of hydrogen-bond acceptors (Lipinski definition) is 2. The van der Waals surface area contributed by atoms with Crippen LogP contribution in [0.2, 0.25) is 5.02 Å². The highest BCUT2D eigenvalue weighted by Crippen LogP contribution is 2.13. The second-order valence-electron chi connectivity index (χ2n) is 3.38. The summed E-state index contributed by atoms with van der Waals surface area (Å²) in [6, 6.07) is 10.8. The van der Waals surface area contributed by atoms with Crippen molar-refractivity contribution in [2.75, 3.05) is 11.9 Å². The highest BCUT2D eigenvalue weighted by Gasteiger charge is 2.04. The second-order valence-corrected chi connectivity index (χ2v) is 3.82. The highest BCUT2D eigenvalue weighted by molar-refractivity contribution is 6.30. The second kappa shape index (κ2) is 5.41. The van der Waals surface area contributed by atoms with Crippen LogP contribution >= 0.6 is 11.6 Å². The van der Waals surface area contributed by atoms with E-state index in [-0.39, 0.29) is 12.5 Å². The van der Waals surface area contributed by atoms with E-state index in [1.54, 1.807) is 24.4 Å². The Labute approximate surface area is 104 Å². The largest absolute Gasteiger partial charge is 0.484 e. The summed E-state index contributed by atoms with van der Waals surface area (Å²) in [4.78, 5) is 14.3. The maximum atomic E-state index is 11.5. The zero-order valence-electron chi connectivity index (χ0n) is 8.94. The van der Waals surface area contributed by atoms with Crippen molar-refractivity contribution in [2.45, 2.75) is 0 Å². The number of halogens is 1. The molecule has 0 fully saturated rings. The molecule has 2 aromatic rings. The molecule has 0 aliphatic heterocycles. The zero-order chi connectivity index (χ0) is 12.1. The first-order valence-electron chi connectivity index (χ1n) is 5.05. The minimum Gasteiger partial charge on any atom is -0.484 e. The monoisotopic (exact) mass is 250 g/mol. The molecule has 5 heteroatoms. The topological polar surface area (TPSA) is 54.1 Å². The standard InChI is InChI=1S/C12H11ClN2O2/c13-9-6-11(14-7-9)15-12(16)8-17-10-4-2-1-3-5-10/h1-7,14H,8H2,(H,15,16). The van der Waals surface area contributed by atoms with E-state index >= 15 is 0 Å². The summed E-state index contributed by atoms with van der Waals surface area (Å²) in [6.45, 7) is -0.0410. The van der Waals surface area contributed by atoms with Gasteiger partial charge in [0.1, 0.15) is 11.6 Å². The van der Waals surface area contributed by atoms with Gasteiger partial charge in [0.05, 0.1) is 5.02 Å². The Morgan fingerprint density at radius 1 is 1.35 bits per heavy atom. The van der Waals surface area contributed by atoms with Crippen molar-refractivity contribution < 1.29 is 9.53 Å². The molecule has 1 aromatic carbocycles. The fourth-order valence-electron chi connectivity index (χ4n) is 1.29. The Kier molecular flexibility index (Phi) is 3.67. The minimum absolute atomic E-state index is 0.0410. The van der Waals surface area contributed by atoms with Crippen LogP contribution in [0.15, 0.2) is 42.6 Å². The van der Waals surface area contributed by atoms with Gasteiger partial charge in [-0.1, -0.05) is 29.8 Å². The first-order valence-corrected chi connectivity index (χ1v) is 5.43. The molecule has 2 rings (SSSR count). The number of benzene rings is 1.